The summed E-state index contributed by atoms with van der Waals surface area (Å²) in [5.41, 5.74) is 0.203. The molecule has 0 radical (unpaired) electrons. The Morgan fingerprint density at radius 2 is 2.29 bits per heavy atom. The van der Waals surface area contributed by atoms with Gasteiger partial charge in [-0.15, -0.1) is 0 Å². The van der Waals surface area contributed by atoms with Crippen molar-refractivity contribution < 1.29 is 9.84 Å². The number of nitrogens with zero attached hydrogens (tertiary/aromatic N) is 2. The van der Waals surface area contributed by atoms with Gasteiger partial charge in [-0.2, -0.15) is 5.10 Å². The molecule has 1 N–H and O–H groups in total. The lowest BCUT2D eigenvalue weighted by atomic mass is 9.89. The van der Waals surface area contributed by atoms with Gasteiger partial charge in [0.2, 0.25) is 0 Å². The van der Waals surface area contributed by atoms with E-state index < -0.39 is 5.60 Å². The molecule has 1 aromatic heterocycles. The van der Waals surface area contributed by atoms with Crippen molar-refractivity contribution >= 4 is 0 Å². The fraction of sp³-hybridized carbons (Fsp3) is 0.700. The Bertz CT molecular complexity index is 303. The van der Waals surface area contributed by atoms with E-state index in [0.29, 0.717) is 26.1 Å². The molecule has 4 nitrogen and oxygen atoms in total. The van der Waals surface area contributed by atoms with Crippen molar-refractivity contribution in [2.75, 3.05) is 13.2 Å². The molecule has 0 saturated carbocycles. The largest absolute Gasteiger partial charge is 0.385 e. The summed E-state index contributed by atoms with van der Waals surface area (Å²) in [6.45, 7) is 4.14. The van der Waals surface area contributed by atoms with E-state index in [4.69, 9.17) is 4.74 Å². The molecule has 4 heteroatoms. The van der Waals surface area contributed by atoms with Crippen LogP contribution in [0.4, 0.5) is 0 Å². The quantitative estimate of drug-likeness (QED) is 0.764. The number of rotatable bonds is 2. The van der Waals surface area contributed by atoms with Crippen molar-refractivity contribution in [1.82, 2.24) is 9.78 Å². The number of aromatic nitrogens is 2. The molecule has 0 unspecified atom stereocenters. The molecule has 0 spiro atoms. The van der Waals surface area contributed by atoms with Crippen LogP contribution in [-0.4, -0.2) is 28.1 Å². The van der Waals surface area contributed by atoms with Gasteiger partial charge < -0.3 is 9.84 Å². The van der Waals surface area contributed by atoms with Gasteiger partial charge in [0.15, 0.2) is 0 Å². The molecule has 0 bridgehead atoms. The second-order valence-corrected chi connectivity index (χ2v) is 3.73. The van der Waals surface area contributed by atoms with E-state index in [1.807, 2.05) is 17.8 Å². The third-order valence-corrected chi connectivity index (χ3v) is 2.81. The molecule has 14 heavy (non-hydrogen) atoms. The molecular weight excluding hydrogens is 180 g/mol. The summed E-state index contributed by atoms with van der Waals surface area (Å²) in [5, 5.41) is 14.5. The Hall–Kier alpha value is -0.870. The fourth-order valence-corrected chi connectivity index (χ4v) is 1.77. The average molecular weight is 196 g/mol. The number of aliphatic hydroxyl groups is 1. The van der Waals surface area contributed by atoms with Crippen LogP contribution in [0.2, 0.25) is 0 Å². The van der Waals surface area contributed by atoms with E-state index >= 15 is 0 Å². The summed E-state index contributed by atoms with van der Waals surface area (Å²) < 4.78 is 7.07. The maximum absolute atomic E-state index is 10.3. The summed E-state index contributed by atoms with van der Waals surface area (Å²) in [6, 6.07) is 0. The second kappa shape index (κ2) is 3.71. The zero-order valence-electron chi connectivity index (χ0n) is 8.44. The van der Waals surface area contributed by atoms with Crippen LogP contribution >= 0.6 is 0 Å². The Morgan fingerprint density at radius 3 is 2.86 bits per heavy atom. The maximum atomic E-state index is 10.3. The SMILES string of the molecule is CCn1cc(C2(O)CCOCC2)cn1. The highest BCUT2D eigenvalue weighted by molar-refractivity contribution is 5.15. The lowest BCUT2D eigenvalue weighted by Gasteiger charge is -2.30. The van der Waals surface area contributed by atoms with Gasteiger partial charge >= 0.3 is 0 Å². The first-order chi connectivity index (χ1) is 6.74. The lowest BCUT2D eigenvalue weighted by molar-refractivity contribution is -0.0679. The molecule has 0 atom stereocenters. The predicted octanol–water partition coefficient (Wildman–Crippen LogP) is 0.901. The van der Waals surface area contributed by atoms with Crippen LogP contribution in [0.3, 0.4) is 0 Å². The molecule has 0 aromatic carbocycles. The molecule has 1 aliphatic rings. The number of ether oxygens (including phenoxy) is 1. The van der Waals surface area contributed by atoms with E-state index in [1.54, 1.807) is 6.20 Å². The van der Waals surface area contributed by atoms with Crippen molar-refractivity contribution in [3.63, 3.8) is 0 Å². The summed E-state index contributed by atoms with van der Waals surface area (Å²) in [4.78, 5) is 0. The van der Waals surface area contributed by atoms with Gasteiger partial charge in [0.25, 0.3) is 0 Å². The minimum absolute atomic E-state index is 0.633. The van der Waals surface area contributed by atoms with Crippen molar-refractivity contribution in [1.29, 1.82) is 0 Å². The minimum atomic E-state index is -0.717. The highest BCUT2D eigenvalue weighted by Crippen LogP contribution is 2.31. The van der Waals surface area contributed by atoms with Crippen molar-refractivity contribution in [2.45, 2.75) is 31.9 Å². The third-order valence-electron chi connectivity index (χ3n) is 2.81. The van der Waals surface area contributed by atoms with Crippen LogP contribution in [0.25, 0.3) is 0 Å². The van der Waals surface area contributed by atoms with Crippen molar-refractivity contribution in [3.05, 3.63) is 18.0 Å². The van der Waals surface area contributed by atoms with Gasteiger partial charge in [0.05, 0.1) is 11.8 Å². The van der Waals surface area contributed by atoms with E-state index in [2.05, 4.69) is 5.10 Å². The van der Waals surface area contributed by atoms with E-state index in [9.17, 15) is 5.11 Å². The van der Waals surface area contributed by atoms with Crippen LogP contribution in [0, 0.1) is 0 Å². The molecule has 2 heterocycles. The Labute approximate surface area is 83.5 Å². The van der Waals surface area contributed by atoms with Crippen molar-refractivity contribution in [3.8, 4) is 0 Å². The topological polar surface area (TPSA) is 47.3 Å². The van der Waals surface area contributed by atoms with Gasteiger partial charge in [0, 0.05) is 44.4 Å². The lowest BCUT2D eigenvalue weighted by Crippen LogP contribution is -2.33. The van der Waals surface area contributed by atoms with Crippen LogP contribution in [-0.2, 0) is 16.9 Å². The summed E-state index contributed by atoms with van der Waals surface area (Å²) in [6.07, 6.45) is 5.02. The normalized spacial score (nSPS) is 21.0. The molecule has 2 rings (SSSR count). The fourth-order valence-electron chi connectivity index (χ4n) is 1.77. The molecule has 0 aliphatic carbocycles. The molecule has 1 aliphatic heterocycles. The minimum Gasteiger partial charge on any atom is -0.385 e. The first-order valence-corrected chi connectivity index (χ1v) is 5.08. The van der Waals surface area contributed by atoms with Crippen LogP contribution in [0.1, 0.15) is 25.3 Å². The molecular formula is C10H16N2O2. The van der Waals surface area contributed by atoms with E-state index in [1.165, 1.54) is 0 Å². The van der Waals surface area contributed by atoms with Crippen molar-refractivity contribution in [2.24, 2.45) is 0 Å². The number of hydrogen-bond donors (Lipinski definition) is 1. The van der Waals surface area contributed by atoms with Gasteiger partial charge in [-0.05, 0) is 6.92 Å². The Morgan fingerprint density at radius 1 is 1.57 bits per heavy atom. The molecule has 1 aromatic rings. The molecule has 1 saturated heterocycles. The number of hydrogen-bond acceptors (Lipinski definition) is 3. The molecule has 1 fully saturated rings. The standard InChI is InChI=1S/C10H16N2O2/c1-2-12-8-9(7-11-12)10(13)3-5-14-6-4-10/h7-8,13H,2-6H2,1H3. The zero-order valence-corrected chi connectivity index (χ0v) is 8.44. The van der Waals surface area contributed by atoms with Gasteiger partial charge in [-0.1, -0.05) is 0 Å². The molecule has 0 amide bonds. The third kappa shape index (κ3) is 1.67. The number of aryl methyl sites for hydroxylation is 1. The Kier molecular flexibility index (Phi) is 2.56. The Balaban J connectivity index is 2.19. The molecule has 78 valence electrons. The summed E-state index contributed by atoms with van der Waals surface area (Å²) in [5.74, 6) is 0. The maximum Gasteiger partial charge on any atom is 0.0970 e. The van der Waals surface area contributed by atoms with Crippen LogP contribution in [0.15, 0.2) is 12.4 Å². The highest BCUT2D eigenvalue weighted by Gasteiger charge is 2.32. The monoisotopic (exact) mass is 196 g/mol. The van der Waals surface area contributed by atoms with Crippen LogP contribution < -0.4 is 0 Å². The average Bonchev–Trinajstić information content (AvgIpc) is 2.67. The van der Waals surface area contributed by atoms with Gasteiger partial charge in [-0.3, -0.25) is 4.68 Å². The van der Waals surface area contributed by atoms with Gasteiger partial charge in [0.1, 0.15) is 0 Å². The first kappa shape index (κ1) is 9.68. The van der Waals surface area contributed by atoms with Gasteiger partial charge in [-0.25, -0.2) is 0 Å². The zero-order chi connectivity index (χ0) is 10.0. The summed E-state index contributed by atoms with van der Waals surface area (Å²) in [7, 11) is 0. The van der Waals surface area contributed by atoms with E-state index in [-0.39, 0.29) is 0 Å². The van der Waals surface area contributed by atoms with Crippen LogP contribution in [0.5, 0.6) is 0 Å². The predicted molar refractivity (Wildman–Crippen MR) is 51.9 cm³/mol. The summed E-state index contributed by atoms with van der Waals surface area (Å²) >= 11 is 0. The highest BCUT2D eigenvalue weighted by atomic mass is 16.5. The van der Waals surface area contributed by atoms with E-state index in [0.717, 1.165) is 12.1 Å². The first-order valence-electron chi connectivity index (χ1n) is 5.08. The second-order valence-electron chi connectivity index (χ2n) is 3.73. The smallest absolute Gasteiger partial charge is 0.0970 e.